The lowest BCUT2D eigenvalue weighted by molar-refractivity contribution is -0.140. The first-order valence-electron chi connectivity index (χ1n) is 7.74. The summed E-state index contributed by atoms with van der Waals surface area (Å²) in [6.45, 7) is 4.00. The minimum absolute atomic E-state index is 0.283. The van der Waals surface area contributed by atoms with Gasteiger partial charge in [-0.25, -0.2) is 13.1 Å². The van der Waals surface area contributed by atoms with Crippen molar-refractivity contribution in [2.24, 2.45) is 11.3 Å². The summed E-state index contributed by atoms with van der Waals surface area (Å²) < 4.78 is 26.4. The van der Waals surface area contributed by atoms with Gasteiger partial charge in [-0.1, -0.05) is 50.6 Å². The zero-order valence-electron chi connectivity index (χ0n) is 13.1. The molecule has 4 nitrogen and oxygen atoms in total. The third-order valence-electron chi connectivity index (χ3n) is 4.77. The highest BCUT2D eigenvalue weighted by Gasteiger charge is 2.50. The Morgan fingerprint density at radius 2 is 2.00 bits per heavy atom. The number of nitrogens with one attached hydrogen (secondary N) is 1. The second-order valence-corrected chi connectivity index (χ2v) is 7.41. The lowest BCUT2D eigenvalue weighted by Crippen LogP contribution is -2.52. The fourth-order valence-electron chi connectivity index (χ4n) is 3.21. The van der Waals surface area contributed by atoms with E-state index in [-0.39, 0.29) is 11.8 Å². The molecule has 0 saturated heterocycles. The third-order valence-corrected chi connectivity index (χ3v) is 5.73. The number of benzene rings is 1. The molecule has 1 saturated carbocycles. The quantitative estimate of drug-likeness (QED) is 0.874. The van der Waals surface area contributed by atoms with Crippen LogP contribution in [0.25, 0.3) is 6.08 Å². The van der Waals surface area contributed by atoms with Gasteiger partial charge in [0, 0.05) is 0 Å². The molecule has 22 heavy (non-hydrogen) atoms. The fraction of sp³-hybridized carbons (Fsp3) is 0.471. The zero-order chi connectivity index (χ0) is 16.2. The van der Waals surface area contributed by atoms with Crippen molar-refractivity contribution < 1.29 is 13.2 Å². The molecule has 1 aromatic rings. The Kier molecular flexibility index (Phi) is 5.06. The van der Waals surface area contributed by atoms with Gasteiger partial charge in [0.25, 0.3) is 10.0 Å². The molecule has 1 aliphatic rings. The summed E-state index contributed by atoms with van der Waals surface area (Å²) in [4.78, 5) is 12.5. The van der Waals surface area contributed by atoms with Gasteiger partial charge in [0.2, 0.25) is 5.91 Å². The molecule has 1 aromatic carbocycles. The van der Waals surface area contributed by atoms with Crippen LogP contribution in [-0.2, 0) is 14.8 Å². The molecule has 0 radical (unpaired) electrons. The molecule has 0 spiro atoms. The highest BCUT2D eigenvalue weighted by Crippen LogP contribution is 2.51. The van der Waals surface area contributed by atoms with Crippen LogP contribution in [0.4, 0.5) is 0 Å². The van der Waals surface area contributed by atoms with Crippen molar-refractivity contribution in [2.75, 3.05) is 0 Å². The van der Waals surface area contributed by atoms with Crippen molar-refractivity contribution in [3.8, 4) is 0 Å². The van der Waals surface area contributed by atoms with E-state index in [0.29, 0.717) is 6.42 Å². The van der Waals surface area contributed by atoms with Gasteiger partial charge in [-0.15, -0.1) is 0 Å². The number of sulfonamides is 1. The van der Waals surface area contributed by atoms with Crippen molar-refractivity contribution in [3.63, 3.8) is 0 Å². The van der Waals surface area contributed by atoms with Gasteiger partial charge in [0.05, 0.1) is 10.8 Å². The van der Waals surface area contributed by atoms with E-state index in [1.165, 1.54) is 6.08 Å². The lowest BCUT2D eigenvalue weighted by Gasteiger charge is -2.47. The normalized spacial score (nSPS) is 24.9. The molecule has 2 atom stereocenters. The van der Waals surface area contributed by atoms with Crippen LogP contribution in [0.15, 0.2) is 35.7 Å². The SMILES string of the molecule is CCC1CCC1(CC)C(=O)NS(=O)(=O)C=Cc1ccccc1. The number of hydrogen-bond donors (Lipinski definition) is 1. The number of carbonyl (C=O) groups excluding carboxylic acids is 1. The molecule has 1 fully saturated rings. The Bertz CT molecular complexity index is 646. The topological polar surface area (TPSA) is 63.2 Å². The van der Waals surface area contributed by atoms with Gasteiger partial charge >= 0.3 is 0 Å². The number of carbonyl (C=O) groups is 1. The maximum Gasteiger partial charge on any atom is 0.257 e. The van der Waals surface area contributed by atoms with E-state index in [1.807, 2.05) is 32.0 Å². The Hall–Kier alpha value is -1.62. The molecular weight excluding hydrogens is 298 g/mol. The van der Waals surface area contributed by atoms with Crippen LogP contribution in [0.5, 0.6) is 0 Å². The van der Waals surface area contributed by atoms with Crippen LogP contribution in [0.2, 0.25) is 0 Å². The Labute approximate surface area is 132 Å². The molecule has 0 aliphatic heterocycles. The highest BCUT2D eigenvalue weighted by atomic mass is 32.2. The summed E-state index contributed by atoms with van der Waals surface area (Å²) in [7, 11) is -3.76. The van der Waals surface area contributed by atoms with Gasteiger partial charge in [-0.3, -0.25) is 4.79 Å². The van der Waals surface area contributed by atoms with Crippen molar-refractivity contribution in [1.29, 1.82) is 0 Å². The van der Waals surface area contributed by atoms with Gasteiger partial charge in [-0.05, 0) is 36.8 Å². The van der Waals surface area contributed by atoms with Crippen LogP contribution in [0, 0.1) is 11.3 Å². The minimum atomic E-state index is -3.76. The molecule has 1 N–H and O–H groups in total. The van der Waals surface area contributed by atoms with Gasteiger partial charge in [-0.2, -0.15) is 0 Å². The van der Waals surface area contributed by atoms with E-state index in [4.69, 9.17) is 0 Å². The van der Waals surface area contributed by atoms with Crippen LogP contribution >= 0.6 is 0 Å². The Balaban J connectivity index is 2.08. The third kappa shape index (κ3) is 3.40. The summed E-state index contributed by atoms with van der Waals surface area (Å²) >= 11 is 0. The van der Waals surface area contributed by atoms with E-state index in [9.17, 15) is 13.2 Å². The Morgan fingerprint density at radius 3 is 2.50 bits per heavy atom. The van der Waals surface area contributed by atoms with Gasteiger partial charge in [0.1, 0.15) is 0 Å². The van der Waals surface area contributed by atoms with Crippen LogP contribution in [0.1, 0.15) is 45.1 Å². The zero-order valence-corrected chi connectivity index (χ0v) is 13.9. The van der Waals surface area contributed by atoms with E-state index < -0.39 is 15.4 Å². The molecule has 0 aromatic heterocycles. The van der Waals surface area contributed by atoms with Crippen molar-refractivity contribution in [2.45, 2.75) is 39.5 Å². The average Bonchev–Trinajstić information content (AvgIpc) is 2.46. The maximum absolute atomic E-state index is 12.5. The second-order valence-electron chi connectivity index (χ2n) is 5.84. The summed E-state index contributed by atoms with van der Waals surface area (Å²) in [5.74, 6) is -0.0726. The number of rotatable bonds is 6. The molecule has 120 valence electrons. The van der Waals surface area contributed by atoms with Crippen molar-refractivity contribution >= 4 is 22.0 Å². The molecule has 0 heterocycles. The molecule has 2 rings (SSSR count). The van der Waals surface area contributed by atoms with E-state index in [1.54, 1.807) is 12.1 Å². The molecule has 5 heteroatoms. The highest BCUT2D eigenvalue weighted by molar-refractivity contribution is 7.93. The summed E-state index contributed by atoms with van der Waals surface area (Å²) in [5.41, 5.74) is 0.267. The van der Waals surface area contributed by atoms with Gasteiger partial charge in [0.15, 0.2) is 0 Å². The molecular formula is C17H23NO3S. The minimum Gasteiger partial charge on any atom is -0.273 e. The smallest absolute Gasteiger partial charge is 0.257 e. The molecule has 1 amide bonds. The standard InChI is InChI=1S/C17H23NO3S/c1-3-15-10-12-17(15,4-2)16(19)18-22(20,21)13-11-14-8-6-5-7-9-14/h5-9,11,13,15H,3-4,10,12H2,1-2H3,(H,18,19). The second kappa shape index (κ2) is 6.65. The molecule has 2 unspecified atom stereocenters. The molecule has 0 bridgehead atoms. The maximum atomic E-state index is 12.5. The van der Waals surface area contributed by atoms with E-state index >= 15 is 0 Å². The first-order valence-corrected chi connectivity index (χ1v) is 9.28. The average molecular weight is 321 g/mol. The summed E-state index contributed by atoms with van der Waals surface area (Å²) in [5, 5.41) is 1.06. The lowest BCUT2D eigenvalue weighted by atomic mass is 9.57. The first-order chi connectivity index (χ1) is 10.4. The predicted molar refractivity (Wildman–Crippen MR) is 88.3 cm³/mol. The largest absolute Gasteiger partial charge is 0.273 e. The predicted octanol–water partition coefficient (Wildman–Crippen LogP) is 3.32. The van der Waals surface area contributed by atoms with Crippen molar-refractivity contribution in [3.05, 3.63) is 41.3 Å². The van der Waals surface area contributed by atoms with Crippen molar-refractivity contribution in [1.82, 2.24) is 4.72 Å². The van der Waals surface area contributed by atoms with Crippen LogP contribution in [-0.4, -0.2) is 14.3 Å². The summed E-state index contributed by atoms with van der Waals surface area (Å²) in [6.07, 6.45) is 4.84. The number of hydrogen-bond acceptors (Lipinski definition) is 3. The van der Waals surface area contributed by atoms with E-state index in [0.717, 1.165) is 30.2 Å². The van der Waals surface area contributed by atoms with E-state index in [2.05, 4.69) is 4.72 Å². The number of amides is 1. The van der Waals surface area contributed by atoms with Crippen LogP contribution < -0.4 is 4.72 Å². The van der Waals surface area contributed by atoms with Crippen LogP contribution in [0.3, 0.4) is 0 Å². The Morgan fingerprint density at radius 1 is 1.32 bits per heavy atom. The fourth-order valence-corrected chi connectivity index (χ4v) is 4.08. The summed E-state index contributed by atoms with van der Waals surface area (Å²) in [6, 6.07) is 9.13. The monoisotopic (exact) mass is 321 g/mol. The molecule has 1 aliphatic carbocycles. The van der Waals surface area contributed by atoms with Gasteiger partial charge < -0.3 is 0 Å². The first kappa shape index (κ1) is 16.7.